The minimum absolute atomic E-state index is 0.234. The van der Waals surface area contributed by atoms with Crippen molar-refractivity contribution in [2.75, 3.05) is 19.6 Å². The van der Waals surface area contributed by atoms with Crippen molar-refractivity contribution < 1.29 is 0 Å². The van der Waals surface area contributed by atoms with Gasteiger partial charge in [0, 0.05) is 19.6 Å². The second-order valence-corrected chi connectivity index (χ2v) is 6.13. The lowest BCUT2D eigenvalue weighted by atomic mass is 9.86. The van der Waals surface area contributed by atoms with Crippen LogP contribution in [-0.2, 0) is 11.8 Å². The fourth-order valence-corrected chi connectivity index (χ4v) is 2.15. The first-order valence-electron chi connectivity index (χ1n) is 7.17. The fourth-order valence-electron chi connectivity index (χ4n) is 2.15. The first-order chi connectivity index (χ1) is 9.05. The molecule has 2 N–H and O–H groups in total. The topological polar surface area (TPSA) is 36.4 Å². The van der Waals surface area contributed by atoms with E-state index in [9.17, 15) is 0 Å². The molecule has 1 aliphatic rings. The molecule has 0 fully saturated rings. The summed E-state index contributed by atoms with van der Waals surface area (Å²) in [6.07, 6.45) is 2.17. The molecule has 0 amide bonds. The smallest absolute Gasteiger partial charge is 0.191 e. The molecule has 2 rings (SSSR count). The van der Waals surface area contributed by atoms with Gasteiger partial charge in [0.15, 0.2) is 5.96 Å². The van der Waals surface area contributed by atoms with Crippen LogP contribution in [0, 0.1) is 0 Å². The summed E-state index contributed by atoms with van der Waals surface area (Å²) in [5, 5.41) is 6.63. The van der Waals surface area contributed by atoms with E-state index in [0.717, 1.165) is 38.4 Å². The van der Waals surface area contributed by atoms with Crippen LogP contribution < -0.4 is 10.6 Å². The zero-order valence-electron chi connectivity index (χ0n) is 12.3. The van der Waals surface area contributed by atoms with Crippen LogP contribution in [0.15, 0.2) is 29.3 Å². The van der Waals surface area contributed by atoms with Gasteiger partial charge in [0.25, 0.3) is 0 Å². The van der Waals surface area contributed by atoms with Gasteiger partial charge in [0.1, 0.15) is 0 Å². The summed E-state index contributed by atoms with van der Waals surface area (Å²) < 4.78 is 0. The van der Waals surface area contributed by atoms with Crippen LogP contribution in [0.25, 0.3) is 0 Å². The van der Waals surface area contributed by atoms with Crippen molar-refractivity contribution in [2.45, 2.75) is 39.0 Å². The first kappa shape index (κ1) is 13.9. The van der Waals surface area contributed by atoms with Crippen LogP contribution in [0.4, 0.5) is 0 Å². The van der Waals surface area contributed by atoms with E-state index in [0.29, 0.717) is 0 Å². The normalized spacial score (nSPS) is 15.6. The number of rotatable bonds is 3. The van der Waals surface area contributed by atoms with Crippen molar-refractivity contribution in [3.63, 3.8) is 0 Å². The summed E-state index contributed by atoms with van der Waals surface area (Å²) in [5.74, 6) is 0.956. The highest BCUT2D eigenvalue weighted by molar-refractivity contribution is 5.80. The van der Waals surface area contributed by atoms with E-state index in [1.807, 2.05) is 0 Å². The van der Waals surface area contributed by atoms with Gasteiger partial charge >= 0.3 is 0 Å². The average molecular weight is 259 g/mol. The van der Waals surface area contributed by atoms with E-state index in [1.165, 1.54) is 11.1 Å². The van der Waals surface area contributed by atoms with Gasteiger partial charge in [-0.15, -0.1) is 0 Å². The number of benzene rings is 1. The van der Waals surface area contributed by atoms with E-state index in [1.54, 1.807) is 0 Å². The molecule has 1 heterocycles. The first-order valence-corrected chi connectivity index (χ1v) is 7.17. The number of aliphatic imine (C=N–C) groups is 1. The van der Waals surface area contributed by atoms with E-state index < -0.39 is 0 Å². The Labute approximate surface area is 116 Å². The minimum Gasteiger partial charge on any atom is -0.356 e. The highest BCUT2D eigenvalue weighted by Gasteiger charge is 2.12. The monoisotopic (exact) mass is 259 g/mol. The fraction of sp³-hybridized carbons (Fsp3) is 0.562. The van der Waals surface area contributed by atoms with Crippen molar-refractivity contribution >= 4 is 5.96 Å². The van der Waals surface area contributed by atoms with Crippen LogP contribution >= 0.6 is 0 Å². The van der Waals surface area contributed by atoms with E-state index >= 15 is 0 Å². The molecule has 3 nitrogen and oxygen atoms in total. The van der Waals surface area contributed by atoms with E-state index in [4.69, 9.17) is 0 Å². The Morgan fingerprint density at radius 3 is 2.53 bits per heavy atom. The average Bonchev–Trinajstić information content (AvgIpc) is 2.39. The van der Waals surface area contributed by atoms with Gasteiger partial charge in [0.2, 0.25) is 0 Å². The Kier molecular flexibility index (Phi) is 4.46. The summed E-state index contributed by atoms with van der Waals surface area (Å²) in [7, 11) is 0. The Bertz CT molecular complexity index is 426. The van der Waals surface area contributed by atoms with Crippen molar-refractivity contribution in [1.29, 1.82) is 0 Å². The molecule has 19 heavy (non-hydrogen) atoms. The second-order valence-electron chi connectivity index (χ2n) is 6.13. The van der Waals surface area contributed by atoms with Crippen LogP contribution in [0.2, 0.25) is 0 Å². The summed E-state index contributed by atoms with van der Waals surface area (Å²) in [4.78, 5) is 4.40. The quantitative estimate of drug-likeness (QED) is 0.875. The molecule has 0 bridgehead atoms. The molecule has 3 heteroatoms. The summed E-state index contributed by atoms with van der Waals surface area (Å²) in [5.41, 5.74) is 3.00. The molecule has 1 aromatic rings. The third-order valence-electron chi connectivity index (χ3n) is 3.42. The van der Waals surface area contributed by atoms with Crippen LogP contribution in [0.5, 0.6) is 0 Å². The van der Waals surface area contributed by atoms with Crippen molar-refractivity contribution in [3.8, 4) is 0 Å². The predicted molar refractivity (Wildman–Crippen MR) is 81.8 cm³/mol. The molecule has 0 spiro atoms. The molecule has 0 saturated heterocycles. The highest BCUT2D eigenvalue weighted by Crippen LogP contribution is 2.22. The van der Waals surface area contributed by atoms with Gasteiger partial charge < -0.3 is 10.6 Å². The van der Waals surface area contributed by atoms with Gasteiger partial charge in [-0.3, -0.25) is 4.99 Å². The number of hydrogen-bond donors (Lipinski definition) is 2. The lowest BCUT2D eigenvalue weighted by molar-refractivity contribution is 0.590. The van der Waals surface area contributed by atoms with Gasteiger partial charge in [-0.25, -0.2) is 0 Å². The zero-order chi connectivity index (χ0) is 13.7. The lowest BCUT2D eigenvalue weighted by Crippen LogP contribution is -2.41. The van der Waals surface area contributed by atoms with E-state index in [-0.39, 0.29) is 5.41 Å². The maximum Gasteiger partial charge on any atom is 0.191 e. The van der Waals surface area contributed by atoms with E-state index in [2.05, 4.69) is 60.7 Å². The van der Waals surface area contributed by atoms with Gasteiger partial charge in [-0.1, -0.05) is 45.0 Å². The summed E-state index contributed by atoms with van der Waals surface area (Å²) in [6.45, 7) is 9.64. The van der Waals surface area contributed by atoms with Crippen LogP contribution in [0.3, 0.4) is 0 Å². The second kappa shape index (κ2) is 6.09. The minimum atomic E-state index is 0.234. The number of guanidine groups is 1. The largest absolute Gasteiger partial charge is 0.356 e. The van der Waals surface area contributed by atoms with Crippen molar-refractivity contribution in [1.82, 2.24) is 10.6 Å². The number of hydrogen-bond acceptors (Lipinski definition) is 3. The Hall–Kier alpha value is -1.51. The molecular formula is C16H25N3. The Balaban J connectivity index is 1.81. The third kappa shape index (κ3) is 4.27. The molecule has 0 atom stereocenters. The van der Waals surface area contributed by atoms with Crippen molar-refractivity contribution in [2.24, 2.45) is 4.99 Å². The zero-order valence-corrected chi connectivity index (χ0v) is 12.3. The van der Waals surface area contributed by atoms with Gasteiger partial charge in [0.05, 0.1) is 0 Å². The van der Waals surface area contributed by atoms with Crippen molar-refractivity contribution in [3.05, 3.63) is 35.4 Å². The molecular weight excluding hydrogens is 234 g/mol. The molecule has 0 aromatic heterocycles. The summed E-state index contributed by atoms with van der Waals surface area (Å²) >= 11 is 0. The Morgan fingerprint density at radius 2 is 1.95 bits per heavy atom. The molecule has 1 aliphatic heterocycles. The van der Waals surface area contributed by atoms with Gasteiger partial charge in [-0.2, -0.15) is 0 Å². The third-order valence-corrected chi connectivity index (χ3v) is 3.42. The highest BCUT2D eigenvalue weighted by atomic mass is 15.2. The molecule has 0 unspecified atom stereocenters. The maximum atomic E-state index is 4.40. The number of nitrogens with zero attached hydrogens (tertiary/aromatic N) is 1. The molecule has 0 saturated carbocycles. The maximum absolute atomic E-state index is 4.40. The number of nitrogens with one attached hydrogen (secondary N) is 2. The molecule has 1 aromatic carbocycles. The van der Waals surface area contributed by atoms with Crippen LogP contribution in [-0.4, -0.2) is 25.6 Å². The Morgan fingerprint density at radius 1 is 1.21 bits per heavy atom. The molecule has 0 radical (unpaired) electrons. The molecule has 0 aliphatic carbocycles. The standard InChI is InChI=1S/C16H25N3/c1-16(2,3)14-7-5-13(6-8-14)9-12-19-15-17-10-4-11-18-15/h5-8H,4,9-12H2,1-3H3,(H2,17,18,19). The lowest BCUT2D eigenvalue weighted by Gasteiger charge is -2.19. The summed E-state index contributed by atoms with van der Waals surface area (Å²) in [6, 6.07) is 8.95. The van der Waals surface area contributed by atoms with Gasteiger partial charge in [-0.05, 0) is 29.4 Å². The molecule has 104 valence electrons. The van der Waals surface area contributed by atoms with Crippen LogP contribution in [0.1, 0.15) is 38.3 Å². The predicted octanol–water partition coefficient (Wildman–Crippen LogP) is 2.47. The SMILES string of the molecule is CC(C)(C)c1ccc(CCNC2=NCCCN2)cc1.